The molecule has 4 atom stereocenters. The zero-order valence-corrected chi connectivity index (χ0v) is 17.7. The van der Waals surface area contributed by atoms with Gasteiger partial charge in [0.2, 0.25) is 0 Å². The van der Waals surface area contributed by atoms with Crippen LogP contribution in [-0.4, -0.2) is 45.0 Å². The molecule has 0 unspecified atom stereocenters. The fourth-order valence-electron chi connectivity index (χ4n) is 5.17. The Bertz CT molecular complexity index is 1240. The van der Waals surface area contributed by atoms with Crippen molar-refractivity contribution in [3.63, 3.8) is 0 Å². The number of carbonyl (C=O) groups is 4. The molecular weight excluding hydrogens is 445 g/mol. The molecule has 2 aliphatic carbocycles. The minimum atomic E-state index is -1.02. The zero-order valence-electron chi connectivity index (χ0n) is 17.7. The number of allylic oxidation sites excluding steroid dienone is 2. The van der Waals surface area contributed by atoms with E-state index in [9.17, 15) is 33.7 Å². The summed E-state index contributed by atoms with van der Waals surface area (Å²) < 4.78 is 13.3. The summed E-state index contributed by atoms with van der Waals surface area (Å²) in [4.78, 5) is 63.9. The molecule has 2 fully saturated rings. The van der Waals surface area contributed by atoms with Crippen LogP contribution >= 0.6 is 0 Å². The Balaban J connectivity index is 1.54. The van der Waals surface area contributed by atoms with Gasteiger partial charge in [0.05, 0.1) is 16.8 Å². The molecule has 9 nitrogen and oxygen atoms in total. The van der Waals surface area contributed by atoms with Gasteiger partial charge in [0.25, 0.3) is 23.4 Å². The minimum Gasteiger partial charge on any atom is -0.292 e. The monoisotopic (exact) mass is 463 g/mol. The third kappa shape index (κ3) is 3.30. The molecule has 1 heterocycles. The summed E-state index contributed by atoms with van der Waals surface area (Å²) in [5.41, 5.74) is -0.825. The van der Waals surface area contributed by atoms with E-state index in [0.29, 0.717) is 16.4 Å². The number of hydrogen-bond acceptors (Lipinski definition) is 6. The van der Waals surface area contributed by atoms with Crippen LogP contribution < -0.4 is 0 Å². The molecule has 3 aliphatic rings. The molecule has 2 bridgehead atoms. The van der Waals surface area contributed by atoms with E-state index in [1.165, 1.54) is 30.3 Å². The maximum absolute atomic E-state index is 13.5. The van der Waals surface area contributed by atoms with Crippen LogP contribution in [-0.2, 0) is 9.59 Å². The third-order valence-electron chi connectivity index (χ3n) is 6.71. The molecule has 1 aliphatic heterocycles. The van der Waals surface area contributed by atoms with Gasteiger partial charge < -0.3 is 0 Å². The van der Waals surface area contributed by atoms with Crippen molar-refractivity contribution in [1.82, 2.24) is 10.0 Å². The minimum absolute atomic E-state index is 0.0581. The van der Waals surface area contributed by atoms with Crippen molar-refractivity contribution in [1.29, 1.82) is 0 Å². The SMILES string of the molecule is O=C(CN(C(=O)c1ccccc1[N+](=O)[O-])N1C(=O)[C@H]2[C@H](C1=O)[C@H]1C=C[C@H]2C1)c1ccc(F)cc1. The quantitative estimate of drug-likeness (QED) is 0.214. The maximum Gasteiger partial charge on any atom is 0.282 e. The lowest BCUT2D eigenvalue weighted by atomic mass is 9.85. The van der Waals surface area contributed by atoms with Gasteiger partial charge in [-0.1, -0.05) is 24.3 Å². The Morgan fingerprint density at radius 1 is 1.00 bits per heavy atom. The first-order valence-corrected chi connectivity index (χ1v) is 10.7. The lowest BCUT2D eigenvalue weighted by Gasteiger charge is -2.30. The largest absolute Gasteiger partial charge is 0.292 e. The number of para-hydroxylation sites is 1. The molecule has 2 aromatic carbocycles. The highest BCUT2D eigenvalue weighted by molar-refractivity contribution is 6.11. The Labute approximate surface area is 192 Å². The average molecular weight is 463 g/mol. The Morgan fingerprint density at radius 2 is 1.59 bits per heavy atom. The van der Waals surface area contributed by atoms with Crippen molar-refractivity contribution < 1.29 is 28.5 Å². The number of benzene rings is 2. The van der Waals surface area contributed by atoms with Gasteiger partial charge in [-0.2, -0.15) is 5.01 Å². The predicted molar refractivity (Wildman–Crippen MR) is 114 cm³/mol. The van der Waals surface area contributed by atoms with Gasteiger partial charge in [0, 0.05) is 11.6 Å². The van der Waals surface area contributed by atoms with Gasteiger partial charge in [0.1, 0.15) is 17.9 Å². The summed E-state index contributed by atoms with van der Waals surface area (Å²) in [6, 6.07) is 9.69. The smallest absolute Gasteiger partial charge is 0.282 e. The van der Waals surface area contributed by atoms with E-state index < -0.39 is 58.3 Å². The summed E-state index contributed by atoms with van der Waals surface area (Å²) in [7, 11) is 0. The number of imide groups is 1. The van der Waals surface area contributed by atoms with Crippen LogP contribution in [0.15, 0.2) is 60.7 Å². The van der Waals surface area contributed by atoms with Crippen molar-refractivity contribution in [2.45, 2.75) is 6.42 Å². The number of amides is 3. The number of carbonyl (C=O) groups excluding carboxylic acids is 4. The topological polar surface area (TPSA) is 118 Å². The standard InChI is InChI=1S/C24H18FN3O6/c25-16-9-7-13(8-10-16)19(29)12-26(22(30)17-3-1-2-4-18(17)28(33)34)27-23(31)20-14-5-6-15(11-14)21(20)24(27)32/h1-10,14-15,20-21H,11-12H2/t14-,15-,20+,21+/m0/s1. The number of nitrogens with zero attached hydrogens (tertiary/aromatic N) is 3. The first-order chi connectivity index (χ1) is 16.3. The molecule has 5 rings (SSSR count). The average Bonchev–Trinajstić information content (AvgIpc) is 3.51. The Kier molecular flexibility index (Phi) is 5.07. The van der Waals surface area contributed by atoms with Crippen molar-refractivity contribution >= 4 is 29.2 Å². The van der Waals surface area contributed by atoms with E-state index in [0.717, 1.165) is 18.2 Å². The summed E-state index contributed by atoms with van der Waals surface area (Å²) in [5.74, 6) is -5.00. The third-order valence-corrected chi connectivity index (χ3v) is 6.71. The number of hydrogen-bond donors (Lipinski definition) is 0. The van der Waals surface area contributed by atoms with E-state index in [4.69, 9.17) is 0 Å². The molecule has 172 valence electrons. The van der Waals surface area contributed by atoms with E-state index >= 15 is 0 Å². The van der Waals surface area contributed by atoms with E-state index in [1.807, 2.05) is 12.2 Å². The van der Waals surface area contributed by atoms with Crippen molar-refractivity contribution in [3.05, 3.63) is 87.7 Å². The van der Waals surface area contributed by atoms with Crippen LogP contribution in [0, 0.1) is 39.6 Å². The second-order valence-corrected chi connectivity index (χ2v) is 8.56. The van der Waals surface area contributed by atoms with Crippen LogP contribution in [0.4, 0.5) is 10.1 Å². The van der Waals surface area contributed by atoms with E-state index in [2.05, 4.69) is 0 Å². The zero-order chi connectivity index (χ0) is 24.1. The number of hydrazine groups is 1. The second-order valence-electron chi connectivity index (χ2n) is 8.56. The molecule has 0 N–H and O–H groups in total. The van der Waals surface area contributed by atoms with Gasteiger partial charge in [-0.3, -0.25) is 29.3 Å². The first-order valence-electron chi connectivity index (χ1n) is 10.7. The molecule has 10 heteroatoms. The lowest BCUT2D eigenvalue weighted by molar-refractivity contribution is -0.385. The second kappa shape index (κ2) is 7.98. The van der Waals surface area contributed by atoms with E-state index in [1.54, 1.807) is 0 Å². The molecule has 3 amide bonds. The van der Waals surface area contributed by atoms with Gasteiger partial charge in [-0.05, 0) is 48.6 Å². The number of rotatable bonds is 6. The first kappa shape index (κ1) is 21.6. The predicted octanol–water partition coefficient (Wildman–Crippen LogP) is 2.78. The Hall–Kier alpha value is -4.21. The molecule has 0 aromatic heterocycles. The van der Waals surface area contributed by atoms with Crippen LogP contribution in [0.2, 0.25) is 0 Å². The maximum atomic E-state index is 13.5. The van der Waals surface area contributed by atoms with Crippen LogP contribution in [0.5, 0.6) is 0 Å². The van der Waals surface area contributed by atoms with Crippen LogP contribution in [0.25, 0.3) is 0 Å². The molecule has 0 radical (unpaired) electrons. The van der Waals surface area contributed by atoms with Crippen molar-refractivity contribution in [3.8, 4) is 0 Å². The molecular formula is C24H18FN3O6. The molecule has 2 aromatic rings. The Morgan fingerprint density at radius 3 is 2.18 bits per heavy atom. The van der Waals surface area contributed by atoms with Crippen molar-refractivity contribution in [2.24, 2.45) is 23.7 Å². The summed E-state index contributed by atoms with van der Waals surface area (Å²) in [6.45, 7) is -0.726. The number of Topliss-reactive ketones (excluding diaryl/α,β-unsaturated/α-hetero) is 1. The van der Waals surface area contributed by atoms with Gasteiger partial charge in [-0.25, -0.2) is 9.40 Å². The molecule has 1 saturated heterocycles. The van der Waals surface area contributed by atoms with Gasteiger partial charge >= 0.3 is 0 Å². The number of halogens is 1. The lowest BCUT2D eigenvalue weighted by Crippen LogP contribution is -2.52. The van der Waals surface area contributed by atoms with Gasteiger partial charge in [-0.15, -0.1) is 0 Å². The van der Waals surface area contributed by atoms with Crippen LogP contribution in [0.3, 0.4) is 0 Å². The highest BCUT2D eigenvalue weighted by Gasteiger charge is 2.61. The fraction of sp³-hybridized carbons (Fsp3) is 0.250. The molecule has 34 heavy (non-hydrogen) atoms. The van der Waals surface area contributed by atoms with E-state index in [-0.39, 0.29) is 23.0 Å². The molecule has 1 saturated carbocycles. The highest BCUT2D eigenvalue weighted by atomic mass is 19.1. The number of fused-ring (bicyclic) bond motifs is 5. The number of ketones is 1. The summed E-state index contributed by atoms with van der Waals surface area (Å²) in [6.07, 6.45) is 4.45. The van der Waals surface area contributed by atoms with Crippen molar-refractivity contribution in [2.75, 3.05) is 6.54 Å². The normalized spacial score (nSPS) is 24.4. The molecule has 0 spiro atoms. The summed E-state index contributed by atoms with van der Waals surface area (Å²) in [5, 5.41) is 12.9. The highest BCUT2D eigenvalue weighted by Crippen LogP contribution is 2.52. The van der Waals surface area contributed by atoms with Crippen LogP contribution in [0.1, 0.15) is 27.1 Å². The fourth-order valence-corrected chi connectivity index (χ4v) is 5.17. The number of nitro benzene ring substituents is 1. The van der Waals surface area contributed by atoms with Gasteiger partial charge in [0.15, 0.2) is 5.78 Å². The number of nitro groups is 1. The summed E-state index contributed by atoms with van der Waals surface area (Å²) >= 11 is 0.